The van der Waals surface area contributed by atoms with Crippen LogP contribution in [0.5, 0.6) is 0 Å². The van der Waals surface area contributed by atoms with Gasteiger partial charge in [0.05, 0.1) is 0 Å². The van der Waals surface area contributed by atoms with Gasteiger partial charge in [0.15, 0.2) is 0 Å². The minimum atomic E-state index is -0.953. The fraction of sp³-hybridized carbons (Fsp3) is 0.938. The van der Waals surface area contributed by atoms with Crippen LogP contribution in [-0.4, -0.2) is 36.4 Å². The van der Waals surface area contributed by atoms with Gasteiger partial charge in [-0.2, -0.15) is 0 Å². The van der Waals surface area contributed by atoms with Gasteiger partial charge in [0.25, 0.3) is 0 Å². The van der Waals surface area contributed by atoms with Crippen molar-refractivity contribution in [2.24, 2.45) is 5.92 Å². The Morgan fingerprint density at radius 2 is 0.919 bits per heavy atom. The smallest absolute Gasteiger partial charge is 0.305 e. The van der Waals surface area contributed by atoms with E-state index < -0.39 is 6.10 Å². The highest BCUT2D eigenvalue weighted by molar-refractivity contribution is 5.69. The number of aliphatic hydroxyl groups excluding tert-OH is 1. The molecule has 0 bridgehead atoms. The minimum absolute atomic E-state index is 0.110. The first kappa shape index (κ1) is 35.9. The van der Waals surface area contributed by atoms with Gasteiger partial charge in [0.2, 0.25) is 0 Å². The number of carbonyl (C=O) groups excluding carboxylic acids is 2. The number of hydrogen-bond donors (Lipinski definition) is 1. The van der Waals surface area contributed by atoms with Crippen LogP contribution < -0.4 is 0 Å². The molecule has 0 aliphatic heterocycles. The maximum Gasteiger partial charge on any atom is 0.305 e. The van der Waals surface area contributed by atoms with Crippen LogP contribution in [-0.2, 0) is 19.1 Å². The molecule has 1 N–H and O–H groups in total. The number of rotatable bonds is 28. The Labute approximate surface area is 229 Å². The molecule has 0 aliphatic rings. The third-order valence-corrected chi connectivity index (χ3v) is 7.38. The minimum Gasteiger partial charge on any atom is -0.463 e. The summed E-state index contributed by atoms with van der Waals surface area (Å²) >= 11 is 0. The highest BCUT2D eigenvalue weighted by Gasteiger charge is 2.12. The van der Waals surface area contributed by atoms with Crippen molar-refractivity contribution in [2.45, 2.75) is 175 Å². The summed E-state index contributed by atoms with van der Waals surface area (Å²) in [4.78, 5) is 23.7. The molecular formula is C32H62O5. The summed E-state index contributed by atoms with van der Waals surface area (Å²) in [5, 5.41) is 9.93. The van der Waals surface area contributed by atoms with Gasteiger partial charge in [-0.1, -0.05) is 143 Å². The molecule has 0 saturated heterocycles. The molecule has 0 aromatic rings. The highest BCUT2D eigenvalue weighted by atomic mass is 16.6. The quantitative estimate of drug-likeness (QED) is 0.0813. The molecule has 0 aliphatic carbocycles. The molecular weight excluding hydrogens is 464 g/mol. The first-order valence-corrected chi connectivity index (χ1v) is 16.0. The SMILES string of the molecule is CCCCCCCCCCCCCC(=O)OC[C@H](O)COC(=O)CCCCCCCCCCC(C)CC. The number of esters is 2. The predicted octanol–water partition coefficient (Wildman–Crippen LogP) is 9.08. The van der Waals surface area contributed by atoms with Gasteiger partial charge in [0, 0.05) is 12.8 Å². The molecule has 0 aromatic carbocycles. The first-order valence-electron chi connectivity index (χ1n) is 16.0. The Balaban J connectivity index is 3.44. The van der Waals surface area contributed by atoms with Crippen LogP contribution in [0.4, 0.5) is 0 Å². The first-order chi connectivity index (χ1) is 18.0. The Morgan fingerprint density at radius 3 is 1.30 bits per heavy atom. The average molecular weight is 527 g/mol. The van der Waals surface area contributed by atoms with Crippen molar-refractivity contribution in [2.75, 3.05) is 13.2 Å². The number of ether oxygens (including phenoxy) is 2. The Bertz CT molecular complexity index is 507. The Hall–Kier alpha value is -1.10. The molecule has 0 saturated carbocycles. The molecule has 5 heteroatoms. The van der Waals surface area contributed by atoms with Crippen LogP contribution in [0.2, 0.25) is 0 Å². The van der Waals surface area contributed by atoms with E-state index in [9.17, 15) is 14.7 Å². The molecule has 1 unspecified atom stereocenters. The molecule has 0 rings (SSSR count). The lowest BCUT2D eigenvalue weighted by Crippen LogP contribution is -2.25. The van der Waals surface area contributed by atoms with Gasteiger partial charge in [0.1, 0.15) is 19.3 Å². The molecule has 220 valence electrons. The summed E-state index contributed by atoms with van der Waals surface area (Å²) in [6.07, 6.45) is 25.7. The number of unbranched alkanes of at least 4 members (excludes halogenated alkanes) is 17. The van der Waals surface area contributed by atoms with E-state index in [0.29, 0.717) is 12.8 Å². The van der Waals surface area contributed by atoms with Crippen molar-refractivity contribution in [3.8, 4) is 0 Å². The fourth-order valence-corrected chi connectivity index (χ4v) is 4.53. The third kappa shape index (κ3) is 27.7. The van der Waals surface area contributed by atoms with Gasteiger partial charge in [-0.05, 0) is 18.8 Å². The second-order valence-electron chi connectivity index (χ2n) is 11.2. The second kappa shape index (κ2) is 27.9. The summed E-state index contributed by atoms with van der Waals surface area (Å²) in [6.45, 7) is 6.63. The summed E-state index contributed by atoms with van der Waals surface area (Å²) in [5.74, 6) is 0.299. The topological polar surface area (TPSA) is 72.8 Å². The van der Waals surface area contributed by atoms with Crippen LogP contribution in [0, 0.1) is 5.92 Å². The summed E-state index contributed by atoms with van der Waals surface area (Å²) in [7, 11) is 0. The molecule has 2 atom stereocenters. The molecule has 37 heavy (non-hydrogen) atoms. The fourth-order valence-electron chi connectivity index (χ4n) is 4.53. The van der Waals surface area contributed by atoms with E-state index in [4.69, 9.17) is 9.47 Å². The van der Waals surface area contributed by atoms with Crippen LogP contribution >= 0.6 is 0 Å². The van der Waals surface area contributed by atoms with E-state index in [0.717, 1.165) is 38.0 Å². The second-order valence-corrected chi connectivity index (χ2v) is 11.2. The standard InChI is InChI=1S/C32H62O5/c1-4-6-7-8-9-10-11-12-16-19-22-25-31(34)36-27-30(33)28-37-32(35)26-23-20-17-14-13-15-18-21-24-29(3)5-2/h29-30,33H,4-28H2,1-3H3/t29?,30-/m0/s1. The maximum absolute atomic E-state index is 11.9. The predicted molar refractivity (Wildman–Crippen MR) is 155 cm³/mol. The van der Waals surface area contributed by atoms with Gasteiger partial charge in [-0.15, -0.1) is 0 Å². The molecule has 0 spiro atoms. The van der Waals surface area contributed by atoms with Gasteiger partial charge in [-0.25, -0.2) is 0 Å². The zero-order valence-corrected chi connectivity index (χ0v) is 24.9. The summed E-state index contributed by atoms with van der Waals surface area (Å²) in [6, 6.07) is 0. The van der Waals surface area contributed by atoms with Crippen molar-refractivity contribution < 1.29 is 24.2 Å². The zero-order chi connectivity index (χ0) is 27.4. The lowest BCUT2D eigenvalue weighted by molar-refractivity contribution is -0.152. The van der Waals surface area contributed by atoms with Crippen LogP contribution in [0.15, 0.2) is 0 Å². The van der Waals surface area contributed by atoms with E-state index in [-0.39, 0.29) is 25.2 Å². The lowest BCUT2D eigenvalue weighted by Gasteiger charge is -2.12. The van der Waals surface area contributed by atoms with E-state index in [1.165, 1.54) is 103 Å². The number of aliphatic hydroxyl groups is 1. The zero-order valence-electron chi connectivity index (χ0n) is 24.9. The highest BCUT2D eigenvalue weighted by Crippen LogP contribution is 2.15. The number of hydrogen-bond acceptors (Lipinski definition) is 5. The molecule has 5 nitrogen and oxygen atoms in total. The van der Waals surface area contributed by atoms with Crippen LogP contribution in [0.25, 0.3) is 0 Å². The summed E-state index contributed by atoms with van der Waals surface area (Å²) in [5.41, 5.74) is 0. The van der Waals surface area contributed by atoms with E-state index >= 15 is 0 Å². The van der Waals surface area contributed by atoms with Crippen molar-refractivity contribution in [1.29, 1.82) is 0 Å². The summed E-state index contributed by atoms with van der Waals surface area (Å²) < 4.78 is 10.3. The molecule has 0 aromatic heterocycles. The van der Waals surface area contributed by atoms with Crippen molar-refractivity contribution in [3.63, 3.8) is 0 Å². The number of carbonyl (C=O) groups is 2. The largest absolute Gasteiger partial charge is 0.463 e. The van der Waals surface area contributed by atoms with Crippen molar-refractivity contribution in [3.05, 3.63) is 0 Å². The van der Waals surface area contributed by atoms with Crippen molar-refractivity contribution >= 4 is 11.9 Å². The molecule has 0 amide bonds. The van der Waals surface area contributed by atoms with Crippen LogP contribution in [0.3, 0.4) is 0 Å². The Morgan fingerprint density at radius 1 is 0.568 bits per heavy atom. The van der Waals surface area contributed by atoms with E-state index in [2.05, 4.69) is 20.8 Å². The third-order valence-electron chi connectivity index (χ3n) is 7.38. The average Bonchev–Trinajstić information content (AvgIpc) is 2.90. The molecule has 0 heterocycles. The lowest BCUT2D eigenvalue weighted by atomic mass is 9.99. The van der Waals surface area contributed by atoms with Gasteiger partial charge < -0.3 is 14.6 Å². The normalized spacial score (nSPS) is 12.9. The molecule has 0 radical (unpaired) electrons. The molecule has 0 fully saturated rings. The van der Waals surface area contributed by atoms with E-state index in [1.807, 2.05) is 0 Å². The van der Waals surface area contributed by atoms with Gasteiger partial charge in [-0.3, -0.25) is 9.59 Å². The van der Waals surface area contributed by atoms with Crippen molar-refractivity contribution in [1.82, 2.24) is 0 Å². The van der Waals surface area contributed by atoms with Gasteiger partial charge >= 0.3 is 11.9 Å². The monoisotopic (exact) mass is 526 g/mol. The maximum atomic E-state index is 11.9. The van der Waals surface area contributed by atoms with E-state index in [1.54, 1.807) is 0 Å². The van der Waals surface area contributed by atoms with Crippen LogP contribution in [0.1, 0.15) is 168 Å². The Kier molecular flexibility index (Phi) is 27.1.